The van der Waals surface area contributed by atoms with Gasteiger partial charge in [0.05, 0.1) is 4.90 Å². The number of carbonyl (C=O) groups is 1. The number of nitrogens with zero attached hydrogens (tertiary/aromatic N) is 1. The predicted octanol–water partition coefficient (Wildman–Crippen LogP) is 4.75. The van der Waals surface area contributed by atoms with Crippen LogP contribution in [0.15, 0.2) is 83.8 Å². The predicted molar refractivity (Wildman–Crippen MR) is 105 cm³/mol. The molecule has 3 aromatic rings. The summed E-state index contributed by atoms with van der Waals surface area (Å²) >= 11 is 0. The molecule has 0 fully saturated rings. The Morgan fingerprint density at radius 3 is 1.97 bits per heavy atom. The zero-order valence-corrected chi connectivity index (χ0v) is 16.1. The van der Waals surface area contributed by atoms with Gasteiger partial charge in [0, 0.05) is 18.3 Å². The van der Waals surface area contributed by atoms with E-state index in [1.54, 1.807) is 31.3 Å². The molecule has 1 amide bonds. The fourth-order valence-corrected chi connectivity index (χ4v) is 3.28. The molecule has 0 spiro atoms. The summed E-state index contributed by atoms with van der Waals surface area (Å²) in [5.41, 5.74) is 0.755. The number of hydrogen-bond acceptors (Lipinski definition) is 4. The number of rotatable bonds is 6. The van der Waals surface area contributed by atoms with Gasteiger partial charge in [-0.2, -0.15) is 8.78 Å². The topological polar surface area (TPSA) is 63.7 Å². The van der Waals surface area contributed by atoms with E-state index < -0.39 is 26.4 Å². The molecule has 3 aromatic carbocycles. The van der Waals surface area contributed by atoms with Crippen LogP contribution in [0, 0.1) is 0 Å². The maximum atomic E-state index is 12.6. The Morgan fingerprint density at radius 2 is 1.41 bits per heavy atom. The Labute approximate surface area is 167 Å². The fourth-order valence-electron chi connectivity index (χ4n) is 2.56. The van der Waals surface area contributed by atoms with E-state index in [4.69, 9.17) is 4.74 Å². The molecule has 0 saturated heterocycles. The molecule has 29 heavy (non-hydrogen) atoms. The van der Waals surface area contributed by atoms with E-state index in [-0.39, 0.29) is 5.56 Å². The first-order valence-electron chi connectivity index (χ1n) is 8.52. The molecule has 0 saturated carbocycles. The molecule has 0 bridgehead atoms. The van der Waals surface area contributed by atoms with Crippen molar-refractivity contribution in [3.8, 4) is 11.5 Å². The van der Waals surface area contributed by atoms with Gasteiger partial charge in [0.25, 0.3) is 5.91 Å². The van der Waals surface area contributed by atoms with Gasteiger partial charge in [-0.15, -0.1) is 0 Å². The molecular formula is C21H17F2NO4S. The van der Waals surface area contributed by atoms with Crippen molar-refractivity contribution in [1.82, 2.24) is 0 Å². The molecule has 0 aliphatic heterocycles. The summed E-state index contributed by atoms with van der Waals surface area (Å²) < 4.78 is 53.9. The van der Waals surface area contributed by atoms with Crippen molar-refractivity contribution in [3.63, 3.8) is 0 Å². The molecule has 0 radical (unpaired) electrons. The first-order valence-corrected chi connectivity index (χ1v) is 10.1. The quantitative estimate of drug-likeness (QED) is 0.581. The van der Waals surface area contributed by atoms with Crippen LogP contribution in [0.1, 0.15) is 10.4 Å². The number of halogens is 2. The standard InChI is InChI=1S/C21H17F2NO4S/c1-24(16-9-11-18(12-10-16)28-17-5-3-2-4-6-17)20(25)15-7-13-19(14-8-15)29(26,27)21(22)23/h2-14,21H,1H3. The molecule has 150 valence electrons. The number of benzene rings is 3. The van der Waals surface area contributed by atoms with Gasteiger partial charge in [0.2, 0.25) is 9.84 Å². The van der Waals surface area contributed by atoms with E-state index >= 15 is 0 Å². The highest BCUT2D eigenvalue weighted by molar-refractivity contribution is 7.91. The van der Waals surface area contributed by atoms with Crippen LogP contribution in [0.25, 0.3) is 0 Å². The van der Waals surface area contributed by atoms with Crippen LogP contribution >= 0.6 is 0 Å². The molecule has 5 nitrogen and oxygen atoms in total. The number of carbonyl (C=O) groups excluding carboxylic acids is 1. The monoisotopic (exact) mass is 417 g/mol. The maximum absolute atomic E-state index is 12.6. The molecule has 0 heterocycles. The molecule has 0 aliphatic rings. The number of amides is 1. The Bertz CT molecular complexity index is 1080. The fraction of sp³-hybridized carbons (Fsp3) is 0.0952. The van der Waals surface area contributed by atoms with Crippen molar-refractivity contribution in [2.24, 2.45) is 0 Å². The highest BCUT2D eigenvalue weighted by Crippen LogP contribution is 2.25. The van der Waals surface area contributed by atoms with Crippen LogP contribution in [0.4, 0.5) is 14.5 Å². The second-order valence-corrected chi connectivity index (χ2v) is 8.02. The summed E-state index contributed by atoms with van der Waals surface area (Å²) in [4.78, 5) is 13.4. The number of para-hydroxylation sites is 1. The third-order valence-corrected chi connectivity index (χ3v) is 5.57. The molecule has 0 aromatic heterocycles. The van der Waals surface area contributed by atoms with Crippen molar-refractivity contribution < 1.29 is 26.7 Å². The zero-order chi connectivity index (χ0) is 21.0. The molecule has 0 N–H and O–H groups in total. The summed E-state index contributed by atoms with van der Waals surface area (Å²) in [6, 6.07) is 20.5. The molecular weight excluding hydrogens is 400 g/mol. The summed E-state index contributed by atoms with van der Waals surface area (Å²) in [6.07, 6.45) is 0. The van der Waals surface area contributed by atoms with Crippen molar-refractivity contribution in [1.29, 1.82) is 0 Å². The normalized spacial score (nSPS) is 11.3. The summed E-state index contributed by atoms with van der Waals surface area (Å²) in [6.45, 7) is 0. The minimum absolute atomic E-state index is 0.172. The van der Waals surface area contributed by atoms with E-state index in [0.29, 0.717) is 17.2 Å². The molecule has 3 rings (SSSR count). The lowest BCUT2D eigenvalue weighted by atomic mass is 10.2. The summed E-state index contributed by atoms with van der Waals surface area (Å²) in [5.74, 6) is -2.64. The van der Waals surface area contributed by atoms with Crippen molar-refractivity contribution in [2.45, 2.75) is 10.7 Å². The Morgan fingerprint density at radius 1 is 0.862 bits per heavy atom. The number of ether oxygens (including phenoxy) is 1. The van der Waals surface area contributed by atoms with E-state index in [9.17, 15) is 22.0 Å². The number of anilines is 1. The second-order valence-electron chi connectivity index (χ2n) is 6.10. The van der Waals surface area contributed by atoms with Gasteiger partial charge in [-0.25, -0.2) is 8.42 Å². The maximum Gasteiger partial charge on any atom is 0.341 e. The third-order valence-electron chi connectivity index (χ3n) is 4.17. The van der Waals surface area contributed by atoms with Crippen LogP contribution < -0.4 is 9.64 Å². The van der Waals surface area contributed by atoms with Gasteiger partial charge in [-0.3, -0.25) is 4.79 Å². The third kappa shape index (κ3) is 4.60. The van der Waals surface area contributed by atoms with Gasteiger partial charge in [0.1, 0.15) is 11.5 Å². The molecule has 0 unspecified atom stereocenters. The van der Waals surface area contributed by atoms with Gasteiger partial charge in [0.15, 0.2) is 0 Å². The summed E-state index contributed by atoms with van der Waals surface area (Å²) in [5, 5.41) is 0. The van der Waals surface area contributed by atoms with Gasteiger partial charge >= 0.3 is 5.76 Å². The van der Waals surface area contributed by atoms with Gasteiger partial charge in [-0.1, -0.05) is 18.2 Å². The molecule has 0 aliphatic carbocycles. The average molecular weight is 417 g/mol. The smallest absolute Gasteiger partial charge is 0.341 e. The number of alkyl halides is 2. The first kappa shape index (κ1) is 20.5. The number of hydrogen-bond donors (Lipinski definition) is 0. The number of sulfone groups is 1. The van der Waals surface area contributed by atoms with Crippen LogP contribution in [-0.4, -0.2) is 27.1 Å². The highest BCUT2D eigenvalue weighted by Gasteiger charge is 2.26. The van der Waals surface area contributed by atoms with Crippen LogP contribution in [0.3, 0.4) is 0 Å². The first-order chi connectivity index (χ1) is 13.8. The lowest BCUT2D eigenvalue weighted by Gasteiger charge is -2.18. The van der Waals surface area contributed by atoms with E-state index in [0.717, 1.165) is 12.1 Å². The second kappa shape index (κ2) is 8.40. The Balaban J connectivity index is 1.73. The zero-order valence-electron chi connectivity index (χ0n) is 15.3. The van der Waals surface area contributed by atoms with E-state index in [2.05, 4.69) is 0 Å². The summed E-state index contributed by atoms with van der Waals surface area (Å²) in [7, 11) is -3.14. The van der Waals surface area contributed by atoms with Crippen LogP contribution in [0.2, 0.25) is 0 Å². The Hall–Kier alpha value is -3.26. The van der Waals surface area contributed by atoms with Crippen molar-refractivity contribution in [3.05, 3.63) is 84.4 Å². The lowest BCUT2D eigenvalue weighted by Crippen LogP contribution is -2.26. The van der Waals surface area contributed by atoms with Crippen LogP contribution in [-0.2, 0) is 9.84 Å². The lowest BCUT2D eigenvalue weighted by molar-refractivity contribution is 0.0993. The molecule has 0 atom stereocenters. The van der Waals surface area contributed by atoms with E-state index in [1.165, 1.54) is 17.0 Å². The van der Waals surface area contributed by atoms with Gasteiger partial charge < -0.3 is 9.64 Å². The van der Waals surface area contributed by atoms with Gasteiger partial charge in [-0.05, 0) is 60.7 Å². The SMILES string of the molecule is CN(C(=O)c1ccc(S(=O)(=O)C(F)F)cc1)c1ccc(Oc2ccccc2)cc1. The minimum atomic E-state index is -4.69. The largest absolute Gasteiger partial charge is 0.457 e. The highest BCUT2D eigenvalue weighted by atomic mass is 32.2. The van der Waals surface area contributed by atoms with Crippen molar-refractivity contribution >= 4 is 21.4 Å². The van der Waals surface area contributed by atoms with E-state index in [1.807, 2.05) is 30.3 Å². The minimum Gasteiger partial charge on any atom is -0.457 e. The average Bonchev–Trinajstić information content (AvgIpc) is 2.74. The van der Waals surface area contributed by atoms with Crippen LogP contribution in [0.5, 0.6) is 11.5 Å². The molecule has 8 heteroatoms. The Kier molecular flexibility index (Phi) is 5.93. The van der Waals surface area contributed by atoms with Crippen molar-refractivity contribution in [2.75, 3.05) is 11.9 Å².